The van der Waals surface area contributed by atoms with Crippen LogP contribution in [-0.2, 0) is 19.4 Å². The van der Waals surface area contributed by atoms with Gasteiger partial charge in [0.15, 0.2) is 5.78 Å². The Kier molecular flexibility index (Phi) is 5.32. The average Bonchev–Trinajstić information content (AvgIpc) is 2.75. The monoisotopic (exact) mass is 416 g/mol. The van der Waals surface area contributed by atoms with Gasteiger partial charge in [0.1, 0.15) is 5.82 Å². The van der Waals surface area contributed by atoms with Crippen molar-refractivity contribution in [3.05, 3.63) is 49.9 Å². The maximum absolute atomic E-state index is 13.9. The van der Waals surface area contributed by atoms with Crippen molar-refractivity contribution in [3.8, 4) is 0 Å². The van der Waals surface area contributed by atoms with E-state index in [0.29, 0.717) is 11.0 Å². The van der Waals surface area contributed by atoms with E-state index < -0.39 is 5.82 Å². The van der Waals surface area contributed by atoms with Crippen molar-refractivity contribution in [3.63, 3.8) is 0 Å². The van der Waals surface area contributed by atoms with Gasteiger partial charge in [-0.15, -0.1) is 0 Å². The predicted octanol–water partition coefficient (Wildman–Crippen LogP) is 4.55. The van der Waals surface area contributed by atoms with Crippen LogP contribution in [0.15, 0.2) is 27.1 Å². The number of aromatic nitrogens is 2. The van der Waals surface area contributed by atoms with Gasteiger partial charge in [0.25, 0.3) is 0 Å². The van der Waals surface area contributed by atoms with E-state index in [-0.39, 0.29) is 17.8 Å². The summed E-state index contributed by atoms with van der Waals surface area (Å²) in [6, 6.07) is 4.53. The first-order valence-electron chi connectivity index (χ1n) is 6.70. The quantitative estimate of drug-likeness (QED) is 0.668. The van der Waals surface area contributed by atoms with Gasteiger partial charge in [-0.25, -0.2) is 4.39 Å². The highest BCUT2D eigenvalue weighted by molar-refractivity contribution is 9.10. The molecule has 0 radical (unpaired) electrons. The molecule has 0 aliphatic rings. The Morgan fingerprint density at radius 3 is 2.62 bits per heavy atom. The lowest BCUT2D eigenvalue weighted by Crippen LogP contribution is -2.12. The van der Waals surface area contributed by atoms with Crippen molar-refractivity contribution in [2.45, 2.75) is 33.2 Å². The molecule has 0 atom stereocenters. The van der Waals surface area contributed by atoms with Crippen LogP contribution in [0.3, 0.4) is 0 Å². The van der Waals surface area contributed by atoms with Crippen molar-refractivity contribution in [2.75, 3.05) is 0 Å². The summed E-state index contributed by atoms with van der Waals surface area (Å²) >= 11 is 6.74. The van der Waals surface area contributed by atoms with E-state index in [1.165, 1.54) is 6.07 Å². The molecule has 0 saturated heterocycles. The van der Waals surface area contributed by atoms with Crippen LogP contribution in [-0.4, -0.2) is 15.6 Å². The summed E-state index contributed by atoms with van der Waals surface area (Å²) in [5, 5.41) is 4.45. The third kappa shape index (κ3) is 3.26. The molecule has 0 unspecified atom stereocenters. The highest BCUT2D eigenvalue weighted by Gasteiger charge is 2.21. The van der Waals surface area contributed by atoms with Crippen LogP contribution in [0, 0.1) is 5.82 Å². The van der Waals surface area contributed by atoms with Crippen LogP contribution < -0.4 is 0 Å². The number of aryl methyl sites for hydroxylation is 2. The standard InChI is InChI=1S/C15H15Br2FN2O/c1-3-11-15(17)12(20(4-2)19-11)8-13(21)14-9(16)6-5-7-10(14)18/h5-7H,3-4,8H2,1-2H3. The molecule has 0 bridgehead atoms. The van der Waals surface area contributed by atoms with Gasteiger partial charge < -0.3 is 0 Å². The van der Waals surface area contributed by atoms with E-state index in [2.05, 4.69) is 37.0 Å². The largest absolute Gasteiger partial charge is 0.294 e. The average molecular weight is 418 g/mol. The molecule has 0 spiro atoms. The van der Waals surface area contributed by atoms with Crippen LogP contribution in [0.5, 0.6) is 0 Å². The first-order valence-corrected chi connectivity index (χ1v) is 8.29. The van der Waals surface area contributed by atoms with Gasteiger partial charge in [-0.05, 0) is 57.3 Å². The summed E-state index contributed by atoms with van der Waals surface area (Å²) in [5.74, 6) is -0.776. The minimum Gasteiger partial charge on any atom is -0.294 e. The molecular weight excluding hydrogens is 403 g/mol. The second kappa shape index (κ2) is 6.83. The Morgan fingerprint density at radius 2 is 2.05 bits per heavy atom. The topological polar surface area (TPSA) is 34.9 Å². The van der Waals surface area contributed by atoms with E-state index >= 15 is 0 Å². The van der Waals surface area contributed by atoms with E-state index in [1.807, 2.05) is 13.8 Å². The number of nitrogens with zero attached hydrogens (tertiary/aromatic N) is 2. The number of carbonyl (C=O) groups excluding carboxylic acids is 1. The Labute approximate surface area is 139 Å². The van der Waals surface area contributed by atoms with E-state index in [1.54, 1.807) is 16.8 Å². The van der Waals surface area contributed by atoms with E-state index in [4.69, 9.17) is 0 Å². The van der Waals surface area contributed by atoms with Crippen molar-refractivity contribution in [1.82, 2.24) is 9.78 Å². The summed E-state index contributed by atoms with van der Waals surface area (Å²) in [4.78, 5) is 12.4. The van der Waals surface area contributed by atoms with Crippen LogP contribution in [0.1, 0.15) is 35.6 Å². The number of hydrogen-bond acceptors (Lipinski definition) is 2. The van der Waals surface area contributed by atoms with Crippen LogP contribution in [0.4, 0.5) is 4.39 Å². The first kappa shape index (κ1) is 16.4. The fourth-order valence-electron chi connectivity index (χ4n) is 2.19. The van der Waals surface area contributed by atoms with Gasteiger partial charge in [0.05, 0.1) is 27.8 Å². The number of Topliss-reactive ketones (excluding diaryl/α,β-unsaturated/α-hetero) is 1. The molecule has 21 heavy (non-hydrogen) atoms. The number of carbonyl (C=O) groups is 1. The Bertz CT molecular complexity index is 662. The lowest BCUT2D eigenvalue weighted by Gasteiger charge is -2.07. The first-order chi connectivity index (χ1) is 9.99. The summed E-state index contributed by atoms with van der Waals surface area (Å²) in [7, 11) is 0. The summed E-state index contributed by atoms with van der Waals surface area (Å²) in [6.45, 7) is 4.64. The molecule has 2 rings (SSSR count). The second-order valence-electron chi connectivity index (χ2n) is 4.57. The van der Waals surface area contributed by atoms with Crippen LogP contribution in [0.25, 0.3) is 0 Å². The third-order valence-electron chi connectivity index (χ3n) is 3.26. The van der Waals surface area contributed by atoms with Crippen molar-refractivity contribution in [2.24, 2.45) is 0 Å². The molecule has 0 aliphatic carbocycles. The summed E-state index contributed by atoms with van der Waals surface area (Å²) in [6.07, 6.45) is 0.888. The number of hydrogen-bond donors (Lipinski definition) is 0. The Balaban J connectivity index is 2.38. The Hall–Kier alpha value is -1.01. The lowest BCUT2D eigenvalue weighted by molar-refractivity contribution is 0.0985. The molecule has 0 fully saturated rings. The normalized spacial score (nSPS) is 10.9. The van der Waals surface area contributed by atoms with Crippen molar-refractivity contribution >= 4 is 37.6 Å². The molecule has 1 heterocycles. The lowest BCUT2D eigenvalue weighted by atomic mass is 10.1. The number of rotatable bonds is 5. The summed E-state index contributed by atoms with van der Waals surface area (Å²) in [5.41, 5.74) is 1.79. The van der Waals surface area contributed by atoms with Gasteiger partial charge in [-0.1, -0.05) is 13.0 Å². The van der Waals surface area contributed by atoms with Gasteiger partial charge in [-0.2, -0.15) is 5.10 Å². The van der Waals surface area contributed by atoms with Crippen molar-refractivity contribution in [1.29, 1.82) is 0 Å². The molecule has 2 aromatic rings. The molecule has 112 valence electrons. The number of ketones is 1. The molecule has 6 heteroatoms. The zero-order valence-corrected chi connectivity index (χ0v) is 15.0. The fraction of sp³-hybridized carbons (Fsp3) is 0.333. The molecule has 1 aromatic heterocycles. The maximum atomic E-state index is 13.9. The third-order valence-corrected chi connectivity index (χ3v) is 4.84. The molecule has 0 amide bonds. The van der Waals surface area contributed by atoms with Gasteiger partial charge in [0, 0.05) is 11.0 Å². The SMILES string of the molecule is CCc1nn(CC)c(CC(=O)c2c(F)cccc2Br)c1Br. The van der Waals surface area contributed by atoms with Gasteiger partial charge in [-0.3, -0.25) is 9.48 Å². The predicted molar refractivity (Wildman–Crippen MR) is 87.1 cm³/mol. The molecule has 0 N–H and O–H groups in total. The highest BCUT2D eigenvalue weighted by Crippen LogP contribution is 2.26. The van der Waals surface area contributed by atoms with E-state index in [9.17, 15) is 9.18 Å². The molecule has 0 aliphatic heterocycles. The minimum atomic E-state index is -0.510. The summed E-state index contributed by atoms with van der Waals surface area (Å²) < 4.78 is 17.0. The molecule has 3 nitrogen and oxygen atoms in total. The van der Waals surface area contributed by atoms with Gasteiger partial charge >= 0.3 is 0 Å². The highest BCUT2D eigenvalue weighted by atomic mass is 79.9. The number of benzene rings is 1. The smallest absolute Gasteiger partial charge is 0.172 e. The molecular formula is C15H15Br2FN2O. The Morgan fingerprint density at radius 1 is 1.33 bits per heavy atom. The fourth-order valence-corrected chi connectivity index (χ4v) is 3.46. The van der Waals surface area contributed by atoms with E-state index in [0.717, 1.165) is 22.3 Å². The molecule has 0 saturated carbocycles. The van der Waals surface area contributed by atoms with Crippen molar-refractivity contribution < 1.29 is 9.18 Å². The van der Waals surface area contributed by atoms with Crippen LogP contribution >= 0.6 is 31.9 Å². The zero-order valence-electron chi connectivity index (χ0n) is 11.8. The minimum absolute atomic E-state index is 0.0892. The second-order valence-corrected chi connectivity index (χ2v) is 6.22. The maximum Gasteiger partial charge on any atom is 0.172 e. The zero-order chi connectivity index (χ0) is 15.6. The number of halogens is 3. The van der Waals surface area contributed by atoms with Crippen LogP contribution in [0.2, 0.25) is 0 Å². The molecule has 1 aromatic carbocycles. The van der Waals surface area contributed by atoms with Gasteiger partial charge in [0.2, 0.25) is 0 Å².